The summed E-state index contributed by atoms with van der Waals surface area (Å²) in [6.45, 7) is 1.04. The second-order valence-corrected chi connectivity index (χ2v) is 7.05. The van der Waals surface area contributed by atoms with Crippen molar-refractivity contribution in [1.29, 1.82) is 0 Å². The van der Waals surface area contributed by atoms with Crippen molar-refractivity contribution in [3.8, 4) is 0 Å². The van der Waals surface area contributed by atoms with Gasteiger partial charge in [0.2, 0.25) is 0 Å². The molecule has 1 aromatic carbocycles. The number of hydrogen-bond acceptors (Lipinski definition) is 3. The van der Waals surface area contributed by atoms with Gasteiger partial charge in [-0.15, -0.1) is 11.6 Å². The standard InChI is InChI=1S/C11H13Cl2NO2S/c12-8-9-7-10(13)1-2-11(9)14-3-5-17(15,16)6-4-14/h1-2,7H,3-6,8H2. The molecule has 6 heteroatoms. The Morgan fingerprint density at radius 1 is 1.24 bits per heavy atom. The molecule has 0 N–H and O–H groups in total. The van der Waals surface area contributed by atoms with Gasteiger partial charge in [-0.05, 0) is 23.8 Å². The van der Waals surface area contributed by atoms with E-state index in [2.05, 4.69) is 4.90 Å². The van der Waals surface area contributed by atoms with Crippen LogP contribution < -0.4 is 4.90 Å². The highest BCUT2D eigenvalue weighted by molar-refractivity contribution is 7.91. The van der Waals surface area contributed by atoms with Gasteiger partial charge >= 0.3 is 0 Å². The zero-order valence-corrected chi connectivity index (χ0v) is 11.5. The van der Waals surface area contributed by atoms with Crippen LogP contribution in [0.15, 0.2) is 18.2 Å². The highest BCUT2D eigenvalue weighted by Gasteiger charge is 2.22. The zero-order chi connectivity index (χ0) is 12.5. The van der Waals surface area contributed by atoms with Crippen LogP contribution in [0.1, 0.15) is 5.56 Å². The number of sulfone groups is 1. The first-order valence-electron chi connectivity index (χ1n) is 5.31. The Balaban J connectivity index is 2.24. The topological polar surface area (TPSA) is 37.4 Å². The molecule has 3 nitrogen and oxygen atoms in total. The number of rotatable bonds is 2. The van der Waals surface area contributed by atoms with Gasteiger partial charge < -0.3 is 4.90 Å². The van der Waals surface area contributed by atoms with Crippen LogP contribution in [0.25, 0.3) is 0 Å². The van der Waals surface area contributed by atoms with Crippen LogP contribution in [-0.2, 0) is 15.7 Å². The smallest absolute Gasteiger partial charge is 0.153 e. The average molecular weight is 294 g/mol. The van der Waals surface area contributed by atoms with Crippen molar-refractivity contribution in [2.75, 3.05) is 29.5 Å². The summed E-state index contributed by atoms with van der Waals surface area (Å²) in [5.41, 5.74) is 1.93. The van der Waals surface area contributed by atoms with Crippen LogP contribution in [-0.4, -0.2) is 33.0 Å². The molecule has 0 aliphatic carbocycles. The third-order valence-electron chi connectivity index (χ3n) is 2.87. The fourth-order valence-corrected chi connectivity index (χ4v) is 3.53. The highest BCUT2D eigenvalue weighted by Crippen LogP contribution is 2.27. The molecule has 17 heavy (non-hydrogen) atoms. The second kappa shape index (κ2) is 5.04. The normalized spacial score (nSPS) is 19.3. The molecule has 1 fully saturated rings. The van der Waals surface area contributed by atoms with Gasteiger partial charge in [-0.2, -0.15) is 0 Å². The van der Waals surface area contributed by atoms with E-state index in [4.69, 9.17) is 23.2 Å². The Morgan fingerprint density at radius 2 is 1.88 bits per heavy atom. The van der Waals surface area contributed by atoms with E-state index in [-0.39, 0.29) is 11.5 Å². The van der Waals surface area contributed by atoms with Crippen molar-refractivity contribution in [2.24, 2.45) is 0 Å². The number of benzene rings is 1. The molecule has 0 bridgehead atoms. The lowest BCUT2D eigenvalue weighted by Crippen LogP contribution is -2.40. The number of hydrogen-bond donors (Lipinski definition) is 0. The first-order chi connectivity index (χ1) is 8.02. The molecule has 1 aliphatic heterocycles. The summed E-state index contributed by atoms with van der Waals surface area (Å²) in [5, 5.41) is 0.647. The maximum Gasteiger partial charge on any atom is 0.153 e. The molecular formula is C11H13Cl2NO2S. The summed E-state index contributed by atoms with van der Waals surface area (Å²) in [4.78, 5) is 2.05. The maximum atomic E-state index is 11.4. The van der Waals surface area contributed by atoms with Crippen LogP contribution in [0, 0.1) is 0 Å². The highest BCUT2D eigenvalue weighted by atomic mass is 35.5. The van der Waals surface area contributed by atoms with Gasteiger partial charge in [-0.25, -0.2) is 8.42 Å². The molecule has 0 radical (unpaired) electrons. The van der Waals surface area contributed by atoms with Gasteiger partial charge in [-0.3, -0.25) is 0 Å². The minimum atomic E-state index is -2.85. The maximum absolute atomic E-state index is 11.4. The van der Waals surface area contributed by atoms with Crippen LogP contribution >= 0.6 is 23.2 Å². The summed E-state index contributed by atoms with van der Waals surface area (Å²) in [6, 6.07) is 5.53. The molecule has 0 atom stereocenters. The first kappa shape index (κ1) is 13.0. The van der Waals surface area contributed by atoms with Gasteiger partial charge in [0.05, 0.1) is 11.5 Å². The Morgan fingerprint density at radius 3 is 2.47 bits per heavy atom. The van der Waals surface area contributed by atoms with Crippen molar-refractivity contribution in [1.82, 2.24) is 0 Å². The zero-order valence-electron chi connectivity index (χ0n) is 9.20. The van der Waals surface area contributed by atoms with Crippen molar-refractivity contribution in [3.05, 3.63) is 28.8 Å². The molecule has 1 saturated heterocycles. The molecule has 0 amide bonds. The largest absolute Gasteiger partial charge is 0.369 e. The predicted molar refractivity (Wildman–Crippen MR) is 71.9 cm³/mol. The molecular weight excluding hydrogens is 281 g/mol. The summed E-state index contributed by atoms with van der Waals surface area (Å²) >= 11 is 11.8. The van der Waals surface area contributed by atoms with Crippen molar-refractivity contribution < 1.29 is 8.42 Å². The third kappa shape index (κ3) is 3.06. The molecule has 0 unspecified atom stereocenters. The third-order valence-corrected chi connectivity index (χ3v) is 5.00. The Hall–Kier alpha value is -0.450. The molecule has 1 heterocycles. The molecule has 0 saturated carbocycles. The Kier molecular flexibility index (Phi) is 3.85. The van der Waals surface area contributed by atoms with E-state index in [0.717, 1.165) is 11.3 Å². The van der Waals surface area contributed by atoms with Gasteiger partial charge in [0, 0.05) is 29.7 Å². The number of alkyl halides is 1. The molecule has 1 aromatic rings. The number of halogens is 2. The monoisotopic (exact) mass is 293 g/mol. The lowest BCUT2D eigenvalue weighted by Gasteiger charge is -2.30. The summed E-state index contributed by atoms with van der Waals surface area (Å²) in [5.74, 6) is 0.786. The minimum absolute atomic E-state index is 0.206. The van der Waals surface area contributed by atoms with Crippen LogP contribution in [0.3, 0.4) is 0 Å². The SMILES string of the molecule is O=S1(=O)CCN(c2ccc(Cl)cc2CCl)CC1. The number of nitrogens with zero attached hydrogens (tertiary/aromatic N) is 1. The van der Waals surface area contributed by atoms with Crippen molar-refractivity contribution in [3.63, 3.8) is 0 Å². The molecule has 2 rings (SSSR count). The van der Waals surface area contributed by atoms with E-state index >= 15 is 0 Å². The fourth-order valence-electron chi connectivity index (χ4n) is 1.92. The van der Waals surface area contributed by atoms with E-state index in [1.165, 1.54) is 0 Å². The van der Waals surface area contributed by atoms with E-state index in [1.807, 2.05) is 12.1 Å². The van der Waals surface area contributed by atoms with E-state index in [0.29, 0.717) is 24.0 Å². The van der Waals surface area contributed by atoms with Gasteiger partial charge in [0.25, 0.3) is 0 Å². The Labute approximate surface area is 111 Å². The fraction of sp³-hybridized carbons (Fsp3) is 0.455. The second-order valence-electron chi connectivity index (χ2n) is 4.05. The predicted octanol–water partition coefficient (Wildman–Crippen LogP) is 2.31. The molecule has 0 aromatic heterocycles. The van der Waals surface area contributed by atoms with Gasteiger partial charge in [0.15, 0.2) is 9.84 Å². The summed E-state index contributed by atoms with van der Waals surface area (Å²) in [7, 11) is -2.85. The van der Waals surface area contributed by atoms with Gasteiger partial charge in [0.1, 0.15) is 0 Å². The van der Waals surface area contributed by atoms with E-state index in [1.54, 1.807) is 6.07 Å². The van der Waals surface area contributed by atoms with Crippen molar-refractivity contribution in [2.45, 2.75) is 5.88 Å². The number of anilines is 1. The first-order valence-corrected chi connectivity index (χ1v) is 8.05. The van der Waals surface area contributed by atoms with Gasteiger partial charge in [-0.1, -0.05) is 11.6 Å². The van der Waals surface area contributed by atoms with E-state index < -0.39 is 9.84 Å². The molecule has 0 spiro atoms. The summed E-state index contributed by atoms with van der Waals surface area (Å²) < 4.78 is 22.7. The van der Waals surface area contributed by atoms with Crippen molar-refractivity contribution >= 4 is 38.7 Å². The molecule has 94 valence electrons. The van der Waals surface area contributed by atoms with Crippen LogP contribution in [0.2, 0.25) is 5.02 Å². The van der Waals surface area contributed by atoms with E-state index in [9.17, 15) is 8.42 Å². The average Bonchev–Trinajstić information content (AvgIpc) is 2.29. The Bertz CT molecular complexity index is 502. The van der Waals surface area contributed by atoms with Crippen LogP contribution in [0.5, 0.6) is 0 Å². The quantitative estimate of drug-likeness (QED) is 0.786. The van der Waals surface area contributed by atoms with Crippen LogP contribution in [0.4, 0.5) is 5.69 Å². The summed E-state index contributed by atoms with van der Waals surface area (Å²) in [6.07, 6.45) is 0. The minimum Gasteiger partial charge on any atom is -0.369 e. The lowest BCUT2D eigenvalue weighted by atomic mass is 10.2. The lowest BCUT2D eigenvalue weighted by molar-refractivity contribution is 0.586. The molecule has 1 aliphatic rings.